The SMILES string of the molecule is CC1Cc2ccccc2N1c1cc(C(F)(F)F)cnc1N. The van der Waals surface area contributed by atoms with Gasteiger partial charge >= 0.3 is 6.18 Å². The van der Waals surface area contributed by atoms with E-state index in [0.717, 1.165) is 29.9 Å². The van der Waals surface area contributed by atoms with Crippen LogP contribution in [0.15, 0.2) is 36.5 Å². The summed E-state index contributed by atoms with van der Waals surface area (Å²) in [5.74, 6) is 0.103. The summed E-state index contributed by atoms with van der Waals surface area (Å²) in [6, 6.07) is 8.75. The van der Waals surface area contributed by atoms with Gasteiger partial charge in [0.25, 0.3) is 0 Å². The smallest absolute Gasteiger partial charge is 0.382 e. The molecule has 0 saturated carbocycles. The lowest BCUT2D eigenvalue weighted by Gasteiger charge is -2.26. The highest BCUT2D eigenvalue weighted by atomic mass is 19.4. The molecule has 3 nitrogen and oxygen atoms in total. The molecule has 0 radical (unpaired) electrons. The number of halogens is 3. The molecule has 1 aromatic heterocycles. The van der Waals surface area contributed by atoms with E-state index in [1.54, 1.807) is 0 Å². The van der Waals surface area contributed by atoms with Crippen LogP contribution in [0.4, 0.5) is 30.4 Å². The van der Waals surface area contributed by atoms with Gasteiger partial charge in [-0.3, -0.25) is 0 Å². The third-order valence-corrected chi connectivity index (χ3v) is 3.69. The first-order valence-electron chi connectivity index (χ1n) is 6.58. The summed E-state index contributed by atoms with van der Waals surface area (Å²) in [6.45, 7) is 1.96. The molecular weight excluding hydrogens is 279 g/mol. The molecule has 0 bridgehead atoms. The van der Waals surface area contributed by atoms with Gasteiger partial charge in [-0.2, -0.15) is 13.2 Å². The Morgan fingerprint density at radius 3 is 2.67 bits per heavy atom. The number of anilines is 3. The maximum atomic E-state index is 12.9. The highest BCUT2D eigenvalue weighted by Gasteiger charge is 2.34. The molecule has 0 aliphatic carbocycles. The molecule has 1 aliphatic rings. The van der Waals surface area contributed by atoms with E-state index in [-0.39, 0.29) is 11.9 Å². The van der Waals surface area contributed by atoms with Gasteiger partial charge < -0.3 is 10.6 Å². The molecule has 110 valence electrons. The Kier molecular flexibility index (Phi) is 3.04. The molecule has 0 spiro atoms. The lowest BCUT2D eigenvalue weighted by atomic mass is 10.1. The average molecular weight is 293 g/mol. The summed E-state index contributed by atoms with van der Waals surface area (Å²) in [4.78, 5) is 5.54. The standard InChI is InChI=1S/C15H14F3N3/c1-9-6-10-4-2-3-5-12(10)21(9)13-7-11(15(16,17)18)8-20-14(13)19/h2-5,7-9H,6H2,1H3,(H2,19,20). The Morgan fingerprint density at radius 2 is 1.95 bits per heavy atom. The Bertz CT molecular complexity index is 682. The summed E-state index contributed by atoms with van der Waals surface area (Å²) < 4.78 is 38.6. The monoisotopic (exact) mass is 293 g/mol. The number of hydrogen-bond donors (Lipinski definition) is 1. The first-order chi connectivity index (χ1) is 9.88. The van der Waals surface area contributed by atoms with Gasteiger partial charge in [0, 0.05) is 17.9 Å². The summed E-state index contributed by atoms with van der Waals surface area (Å²) in [6.07, 6.45) is -2.89. The van der Waals surface area contributed by atoms with E-state index >= 15 is 0 Å². The summed E-state index contributed by atoms with van der Waals surface area (Å²) in [5.41, 5.74) is 7.32. The zero-order chi connectivity index (χ0) is 15.2. The fourth-order valence-electron chi connectivity index (χ4n) is 2.74. The second-order valence-electron chi connectivity index (χ2n) is 5.18. The highest BCUT2D eigenvalue weighted by Crippen LogP contribution is 2.42. The maximum absolute atomic E-state index is 12.9. The number of pyridine rings is 1. The number of benzene rings is 1. The third-order valence-electron chi connectivity index (χ3n) is 3.69. The van der Waals surface area contributed by atoms with Gasteiger partial charge in [-0.1, -0.05) is 18.2 Å². The second kappa shape index (κ2) is 4.65. The van der Waals surface area contributed by atoms with Crippen LogP contribution in [0.25, 0.3) is 0 Å². The minimum Gasteiger partial charge on any atom is -0.382 e. The fraction of sp³-hybridized carbons (Fsp3) is 0.267. The van der Waals surface area contributed by atoms with Crippen LogP contribution in [0, 0.1) is 0 Å². The Labute approximate surface area is 120 Å². The van der Waals surface area contributed by atoms with Gasteiger partial charge in [0.15, 0.2) is 0 Å². The van der Waals surface area contributed by atoms with Gasteiger partial charge in [-0.25, -0.2) is 4.98 Å². The number of aromatic nitrogens is 1. The summed E-state index contributed by atoms with van der Waals surface area (Å²) in [7, 11) is 0. The molecule has 2 heterocycles. The largest absolute Gasteiger partial charge is 0.417 e. The van der Waals surface area contributed by atoms with Gasteiger partial charge in [0.2, 0.25) is 0 Å². The van der Waals surface area contributed by atoms with E-state index in [9.17, 15) is 13.2 Å². The quantitative estimate of drug-likeness (QED) is 0.870. The van der Waals surface area contributed by atoms with Crippen molar-refractivity contribution in [2.45, 2.75) is 25.6 Å². The minimum atomic E-state index is -4.43. The van der Waals surface area contributed by atoms with Crippen molar-refractivity contribution >= 4 is 17.2 Å². The normalized spacial score (nSPS) is 17.9. The number of rotatable bonds is 1. The molecule has 0 fully saturated rings. The second-order valence-corrected chi connectivity index (χ2v) is 5.18. The maximum Gasteiger partial charge on any atom is 0.417 e. The van der Waals surface area contributed by atoms with Crippen LogP contribution in [-0.2, 0) is 12.6 Å². The number of alkyl halides is 3. The zero-order valence-electron chi connectivity index (χ0n) is 11.4. The zero-order valence-corrected chi connectivity index (χ0v) is 11.4. The number of nitrogens with two attached hydrogens (primary N) is 1. The Morgan fingerprint density at radius 1 is 1.24 bits per heavy atom. The lowest BCUT2D eigenvalue weighted by Crippen LogP contribution is -2.25. The number of para-hydroxylation sites is 1. The third kappa shape index (κ3) is 2.30. The first-order valence-corrected chi connectivity index (χ1v) is 6.58. The van der Waals surface area contributed by atoms with Crippen LogP contribution in [0.3, 0.4) is 0 Å². The molecular formula is C15H14F3N3. The van der Waals surface area contributed by atoms with Gasteiger partial charge in [-0.05, 0) is 31.0 Å². The van der Waals surface area contributed by atoms with E-state index in [4.69, 9.17) is 5.73 Å². The lowest BCUT2D eigenvalue weighted by molar-refractivity contribution is -0.137. The molecule has 2 N–H and O–H groups in total. The van der Waals surface area contributed by atoms with Crippen LogP contribution in [0.2, 0.25) is 0 Å². The van der Waals surface area contributed by atoms with E-state index in [0.29, 0.717) is 5.69 Å². The highest BCUT2D eigenvalue weighted by molar-refractivity contribution is 5.77. The molecule has 0 saturated heterocycles. The molecule has 1 aromatic carbocycles. The average Bonchev–Trinajstić information content (AvgIpc) is 2.74. The molecule has 1 aliphatic heterocycles. The van der Waals surface area contributed by atoms with Crippen molar-refractivity contribution in [2.75, 3.05) is 10.6 Å². The van der Waals surface area contributed by atoms with E-state index in [2.05, 4.69) is 4.98 Å². The molecule has 1 atom stereocenters. The van der Waals surface area contributed by atoms with Crippen molar-refractivity contribution in [3.8, 4) is 0 Å². The first kappa shape index (κ1) is 13.7. The van der Waals surface area contributed by atoms with Gasteiger partial charge in [0.05, 0.1) is 11.3 Å². The van der Waals surface area contributed by atoms with E-state index in [1.165, 1.54) is 0 Å². The van der Waals surface area contributed by atoms with Crippen molar-refractivity contribution < 1.29 is 13.2 Å². The predicted molar refractivity (Wildman–Crippen MR) is 75.4 cm³/mol. The Balaban J connectivity index is 2.12. The molecule has 1 unspecified atom stereocenters. The predicted octanol–water partition coefficient (Wildman–Crippen LogP) is 3.77. The van der Waals surface area contributed by atoms with Gasteiger partial charge in [0.1, 0.15) is 5.82 Å². The minimum absolute atomic E-state index is 0.0370. The van der Waals surface area contributed by atoms with E-state index < -0.39 is 11.7 Å². The molecule has 0 amide bonds. The summed E-state index contributed by atoms with van der Waals surface area (Å²) in [5, 5.41) is 0. The van der Waals surface area contributed by atoms with Crippen molar-refractivity contribution in [2.24, 2.45) is 0 Å². The van der Waals surface area contributed by atoms with Crippen LogP contribution in [0.5, 0.6) is 0 Å². The van der Waals surface area contributed by atoms with Gasteiger partial charge in [-0.15, -0.1) is 0 Å². The topological polar surface area (TPSA) is 42.2 Å². The van der Waals surface area contributed by atoms with Crippen LogP contribution < -0.4 is 10.6 Å². The van der Waals surface area contributed by atoms with Crippen LogP contribution in [-0.4, -0.2) is 11.0 Å². The fourth-order valence-corrected chi connectivity index (χ4v) is 2.74. The van der Waals surface area contributed by atoms with E-state index in [1.807, 2.05) is 36.1 Å². The van der Waals surface area contributed by atoms with Crippen LogP contribution in [0.1, 0.15) is 18.1 Å². The van der Waals surface area contributed by atoms with Crippen LogP contribution >= 0.6 is 0 Å². The number of hydrogen-bond acceptors (Lipinski definition) is 3. The molecule has 2 aromatic rings. The Hall–Kier alpha value is -2.24. The summed E-state index contributed by atoms with van der Waals surface area (Å²) >= 11 is 0. The molecule has 6 heteroatoms. The molecule has 21 heavy (non-hydrogen) atoms. The van der Waals surface area contributed by atoms with Crippen molar-refractivity contribution in [3.63, 3.8) is 0 Å². The van der Waals surface area contributed by atoms with Crippen molar-refractivity contribution in [1.82, 2.24) is 4.98 Å². The number of nitrogen functional groups attached to an aromatic ring is 1. The number of fused-ring (bicyclic) bond motifs is 1. The molecule has 3 rings (SSSR count). The number of nitrogens with zero attached hydrogens (tertiary/aromatic N) is 2. The van der Waals surface area contributed by atoms with Crippen molar-refractivity contribution in [3.05, 3.63) is 47.7 Å². The van der Waals surface area contributed by atoms with Crippen molar-refractivity contribution in [1.29, 1.82) is 0 Å².